The lowest BCUT2D eigenvalue weighted by Crippen LogP contribution is -2.19. The Labute approximate surface area is 171 Å². The molecule has 1 aliphatic rings. The number of hydrogen-bond donors (Lipinski definition) is 2. The number of carbonyl (C=O) groups is 2. The Bertz CT molecular complexity index is 1050. The summed E-state index contributed by atoms with van der Waals surface area (Å²) >= 11 is 2.83. The summed E-state index contributed by atoms with van der Waals surface area (Å²) in [7, 11) is 0. The molecule has 144 valence electrons. The molecular weight excluding hydrogens is 390 g/mol. The number of nitrogens with two attached hydrogens (primary N) is 1. The van der Waals surface area contributed by atoms with Crippen LogP contribution in [0.4, 0.5) is 5.00 Å². The molecule has 2 amide bonds. The van der Waals surface area contributed by atoms with Gasteiger partial charge in [0.1, 0.15) is 14.9 Å². The number of anilines is 1. The molecule has 3 aromatic rings. The number of thiophene rings is 1. The fraction of sp³-hybridized carbons (Fsp3) is 0.286. The summed E-state index contributed by atoms with van der Waals surface area (Å²) < 4.78 is 0. The Balaban J connectivity index is 1.65. The van der Waals surface area contributed by atoms with Gasteiger partial charge in [0, 0.05) is 10.4 Å². The minimum Gasteiger partial charge on any atom is -0.365 e. The van der Waals surface area contributed by atoms with Gasteiger partial charge in [-0.2, -0.15) is 0 Å². The van der Waals surface area contributed by atoms with Crippen molar-refractivity contribution in [2.45, 2.75) is 33.1 Å². The van der Waals surface area contributed by atoms with Crippen LogP contribution in [0.5, 0.6) is 0 Å². The number of carbonyl (C=O) groups excluding carboxylic acids is 2. The van der Waals surface area contributed by atoms with Crippen LogP contribution in [0.1, 0.15) is 49.5 Å². The average Bonchev–Trinajstić information content (AvgIpc) is 3.22. The zero-order valence-corrected chi connectivity index (χ0v) is 17.4. The van der Waals surface area contributed by atoms with Crippen LogP contribution < -0.4 is 11.1 Å². The minimum atomic E-state index is -0.478. The van der Waals surface area contributed by atoms with Gasteiger partial charge in [-0.15, -0.1) is 22.7 Å². The van der Waals surface area contributed by atoms with Crippen molar-refractivity contribution >= 4 is 39.5 Å². The molecule has 5 nitrogen and oxygen atoms in total. The highest BCUT2D eigenvalue weighted by Gasteiger charge is 2.28. The lowest BCUT2D eigenvalue weighted by atomic mass is 9.88. The minimum absolute atomic E-state index is 0.244. The van der Waals surface area contributed by atoms with Crippen molar-refractivity contribution in [1.29, 1.82) is 0 Å². The maximum atomic E-state index is 12.9. The van der Waals surface area contributed by atoms with Crippen molar-refractivity contribution in [3.8, 4) is 10.6 Å². The van der Waals surface area contributed by atoms with E-state index in [1.165, 1.54) is 22.7 Å². The molecule has 0 bridgehead atoms. The van der Waals surface area contributed by atoms with Crippen molar-refractivity contribution in [2.75, 3.05) is 5.32 Å². The molecule has 0 fully saturated rings. The van der Waals surface area contributed by atoms with Crippen molar-refractivity contribution < 1.29 is 9.59 Å². The molecule has 1 unspecified atom stereocenters. The number of nitrogens with zero attached hydrogens (tertiary/aromatic N) is 1. The molecule has 2 heterocycles. The predicted octanol–water partition coefficient (Wildman–Crippen LogP) is 4.66. The second kappa shape index (κ2) is 7.48. The maximum Gasteiger partial charge on any atom is 0.268 e. The molecule has 0 radical (unpaired) electrons. The van der Waals surface area contributed by atoms with E-state index in [4.69, 9.17) is 5.73 Å². The molecule has 2 aromatic heterocycles. The van der Waals surface area contributed by atoms with Crippen molar-refractivity contribution in [3.63, 3.8) is 0 Å². The third kappa shape index (κ3) is 3.47. The van der Waals surface area contributed by atoms with Gasteiger partial charge in [-0.25, -0.2) is 4.98 Å². The van der Waals surface area contributed by atoms with E-state index in [9.17, 15) is 9.59 Å². The van der Waals surface area contributed by atoms with Crippen LogP contribution in [-0.4, -0.2) is 16.8 Å². The smallest absolute Gasteiger partial charge is 0.268 e. The molecule has 1 aromatic carbocycles. The first-order chi connectivity index (χ1) is 13.4. The fourth-order valence-corrected chi connectivity index (χ4v) is 5.95. The maximum absolute atomic E-state index is 12.9. The van der Waals surface area contributed by atoms with Gasteiger partial charge in [0.15, 0.2) is 0 Å². The molecule has 0 saturated heterocycles. The average molecular weight is 412 g/mol. The Morgan fingerprint density at radius 1 is 1.21 bits per heavy atom. The van der Waals surface area contributed by atoms with Gasteiger partial charge in [0.25, 0.3) is 11.8 Å². The second-order valence-electron chi connectivity index (χ2n) is 7.17. The number of thiazole rings is 1. The lowest BCUT2D eigenvalue weighted by Gasteiger charge is -2.18. The van der Waals surface area contributed by atoms with E-state index >= 15 is 0 Å². The van der Waals surface area contributed by atoms with Crippen LogP contribution in [0, 0.1) is 12.8 Å². The normalized spacial score (nSPS) is 15.9. The molecular formula is C21H21N3O2S2. The van der Waals surface area contributed by atoms with Crippen LogP contribution >= 0.6 is 22.7 Å². The molecule has 0 spiro atoms. The third-order valence-corrected chi connectivity index (χ3v) is 7.38. The number of benzene rings is 1. The molecule has 7 heteroatoms. The van der Waals surface area contributed by atoms with Crippen molar-refractivity contribution in [3.05, 3.63) is 56.9 Å². The molecule has 0 saturated carbocycles. The number of rotatable bonds is 4. The van der Waals surface area contributed by atoms with Crippen LogP contribution in [0.2, 0.25) is 0 Å². The Hall–Kier alpha value is -2.51. The summed E-state index contributed by atoms with van der Waals surface area (Å²) in [6.45, 7) is 4.03. The van der Waals surface area contributed by atoms with E-state index in [-0.39, 0.29) is 5.91 Å². The number of hydrogen-bond acceptors (Lipinski definition) is 5. The Morgan fingerprint density at radius 2 is 1.96 bits per heavy atom. The molecule has 0 aliphatic heterocycles. The molecule has 4 rings (SSSR count). The van der Waals surface area contributed by atoms with Crippen LogP contribution in [0.3, 0.4) is 0 Å². The number of aromatic nitrogens is 1. The highest BCUT2D eigenvalue weighted by molar-refractivity contribution is 7.18. The first kappa shape index (κ1) is 18.8. The highest BCUT2D eigenvalue weighted by atomic mass is 32.1. The summed E-state index contributed by atoms with van der Waals surface area (Å²) in [5, 5.41) is 4.30. The second-order valence-corrected chi connectivity index (χ2v) is 9.28. The van der Waals surface area contributed by atoms with Crippen molar-refractivity contribution in [1.82, 2.24) is 4.98 Å². The molecule has 1 atom stereocenters. The number of primary amides is 1. The number of amides is 2. The monoisotopic (exact) mass is 411 g/mol. The van der Waals surface area contributed by atoms with Gasteiger partial charge >= 0.3 is 0 Å². The van der Waals surface area contributed by atoms with Gasteiger partial charge in [-0.3, -0.25) is 9.59 Å². The Morgan fingerprint density at radius 3 is 2.68 bits per heavy atom. The summed E-state index contributed by atoms with van der Waals surface area (Å²) in [5.74, 6) is -0.146. The summed E-state index contributed by atoms with van der Waals surface area (Å²) in [5.41, 5.74) is 8.79. The zero-order chi connectivity index (χ0) is 19.8. The van der Waals surface area contributed by atoms with Crippen LogP contribution in [0.15, 0.2) is 30.3 Å². The number of fused-ring (bicyclic) bond motifs is 1. The van der Waals surface area contributed by atoms with E-state index < -0.39 is 5.91 Å². The van der Waals surface area contributed by atoms with Gasteiger partial charge in [-0.1, -0.05) is 37.3 Å². The van der Waals surface area contributed by atoms with Gasteiger partial charge < -0.3 is 11.1 Å². The van der Waals surface area contributed by atoms with Gasteiger partial charge in [0.2, 0.25) is 0 Å². The number of aryl methyl sites for hydroxylation is 1. The highest BCUT2D eigenvalue weighted by Crippen LogP contribution is 2.40. The van der Waals surface area contributed by atoms with Crippen LogP contribution in [-0.2, 0) is 12.8 Å². The zero-order valence-electron chi connectivity index (χ0n) is 15.7. The van der Waals surface area contributed by atoms with Gasteiger partial charge in [-0.05, 0) is 37.7 Å². The largest absolute Gasteiger partial charge is 0.365 e. The first-order valence-electron chi connectivity index (χ1n) is 9.22. The summed E-state index contributed by atoms with van der Waals surface area (Å²) in [4.78, 5) is 31.3. The first-order valence-corrected chi connectivity index (χ1v) is 10.9. The van der Waals surface area contributed by atoms with E-state index in [0.29, 0.717) is 27.1 Å². The van der Waals surface area contributed by atoms with Gasteiger partial charge in [0.05, 0.1) is 11.3 Å². The van der Waals surface area contributed by atoms with E-state index in [0.717, 1.165) is 40.3 Å². The van der Waals surface area contributed by atoms with E-state index in [2.05, 4.69) is 17.2 Å². The van der Waals surface area contributed by atoms with Crippen LogP contribution in [0.25, 0.3) is 10.6 Å². The van der Waals surface area contributed by atoms with E-state index in [1.807, 2.05) is 37.3 Å². The standard InChI is InChI=1S/C21H21N3O2S2/c1-11-8-9-14-15(10-11)27-21(16(14)18(22)25)24-19(26)17-12(2)23-20(28-17)13-6-4-3-5-7-13/h3-7,11H,8-10H2,1-2H3,(H2,22,25)(H,24,26). The lowest BCUT2D eigenvalue weighted by molar-refractivity contribution is 0.1000. The molecule has 3 N–H and O–H groups in total. The molecule has 1 aliphatic carbocycles. The van der Waals surface area contributed by atoms with E-state index in [1.54, 1.807) is 0 Å². The molecule has 28 heavy (non-hydrogen) atoms. The van der Waals surface area contributed by atoms with Crippen molar-refractivity contribution in [2.24, 2.45) is 11.7 Å². The summed E-state index contributed by atoms with van der Waals surface area (Å²) in [6, 6.07) is 9.78. The topological polar surface area (TPSA) is 85.1 Å². The Kier molecular flexibility index (Phi) is 5.03. The summed E-state index contributed by atoms with van der Waals surface area (Å²) in [6.07, 6.45) is 2.79. The SMILES string of the molecule is Cc1nc(-c2ccccc2)sc1C(=O)Nc1sc2c(c1C(N)=O)CCC(C)C2. The third-order valence-electron chi connectivity index (χ3n) is 5.01. The predicted molar refractivity (Wildman–Crippen MR) is 114 cm³/mol. The number of nitrogens with one attached hydrogen (secondary N) is 1. The fourth-order valence-electron chi connectivity index (χ4n) is 3.57. The quantitative estimate of drug-likeness (QED) is 0.655.